The lowest BCUT2D eigenvalue weighted by molar-refractivity contribution is -0.128. The van der Waals surface area contributed by atoms with Gasteiger partial charge in [0.1, 0.15) is 5.78 Å². The van der Waals surface area contributed by atoms with E-state index < -0.39 is 0 Å². The molecule has 1 aliphatic carbocycles. The zero-order chi connectivity index (χ0) is 14.8. The molecule has 1 aliphatic rings. The van der Waals surface area contributed by atoms with Gasteiger partial charge in [-0.15, -0.1) is 0 Å². The van der Waals surface area contributed by atoms with Crippen LogP contribution in [0.25, 0.3) is 0 Å². The zero-order valence-electron chi connectivity index (χ0n) is 13.5. The van der Waals surface area contributed by atoms with Gasteiger partial charge in [0.25, 0.3) is 0 Å². The Kier molecular flexibility index (Phi) is 4.67. The number of carbonyl (C=O) groups excluding carboxylic acids is 1. The molecule has 1 saturated carbocycles. The topological polar surface area (TPSA) is 17.1 Å². The van der Waals surface area contributed by atoms with Crippen LogP contribution in [0.1, 0.15) is 62.6 Å². The van der Waals surface area contributed by atoms with E-state index in [0.29, 0.717) is 18.1 Å². The number of carbonyl (C=O) groups is 1. The van der Waals surface area contributed by atoms with Crippen molar-refractivity contribution in [1.82, 2.24) is 0 Å². The second-order valence-electron chi connectivity index (χ2n) is 7.10. The summed E-state index contributed by atoms with van der Waals surface area (Å²) in [6.45, 7) is 8.73. The van der Waals surface area contributed by atoms with Gasteiger partial charge in [-0.1, -0.05) is 44.9 Å². The van der Waals surface area contributed by atoms with Crippen molar-refractivity contribution < 1.29 is 4.79 Å². The maximum Gasteiger partial charge on any atom is 0.143 e. The lowest BCUT2D eigenvalue weighted by atomic mass is 9.73. The molecule has 0 atom stereocenters. The van der Waals surface area contributed by atoms with Crippen molar-refractivity contribution in [2.75, 3.05) is 0 Å². The normalized spacial score (nSPS) is 17.6. The standard InChI is InChI=1S/C19H28O/c1-14(2)13-19(9-5-6-10-19)18(20)12-17-8-7-15(3)16(4)11-17/h7-8,11,14H,5-6,9-10,12-13H2,1-4H3. The third kappa shape index (κ3) is 3.31. The Bertz CT molecular complexity index is 479. The second-order valence-corrected chi connectivity index (χ2v) is 7.10. The quantitative estimate of drug-likeness (QED) is 0.735. The Hall–Kier alpha value is -1.11. The van der Waals surface area contributed by atoms with Crippen LogP contribution in [0.15, 0.2) is 18.2 Å². The van der Waals surface area contributed by atoms with Gasteiger partial charge in [0.05, 0.1) is 0 Å². The van der Waals surface area contributed by atoms with Gasteiger partial charge in [0.2, 0.25) is 0 Å². The molecule has 0 saturated heterocycles. The summed E-state index contributed by atoms with van der Waals surface area (Å²) in [5.74, 6) is 1.09. The van der Waals surface area contributed by atoms with Gasteiger partial charge < -0.3 is 0 Å². The summed E-state index contributed by atoms with van der Waals surface area (Å²) in [5, 5.41) is 0. The second kappa shape index (κ2) is 6.11. The summed E-state index contributed by atoms with van der Waals surface area (Å²) in [4.78, 5) is 12.9. The molecule has 1 aromatic carbocycles. The van der Waals surface area contributed by atoms with Crippen molar-refractivity contribution in [2.45, 2.75) is 66.2 Å². The van der Waals surface area contributed by atoms with Gasteiger partial charge in [-0.05, 0) is 55.7 Å². The molecule has 2 rings (SSSR count). The van der Waals surface area contributed by atoms with Gasteiger partial charge in [0, 0.05) is 11.8 Å². The number of benzene rings is 1. The Morgan fingerprint density at radius 2 is 1.80 bits per heavy atom. The summed E-state index contributed by atoms with van der Waals surface area (Å²) in [7, 11) is 0. The highest BCUT2D eigenvalue weighted by molar-refractivity contribution is 5.87. The van der Waals surface area contributed by atoms with Gasteiger partial charge in [0.15, 0.2) is 0 Å². The summed E-state index contributed by atoms with van der Waals surface area (Å²) in [6.07, 6.45) is 6.35. The molecule has 1 heteroatoms. The predicted octanol–water partition coefficient (Wildman–Crippen LogP) is 5.02. The first-order chi connectivity index (χ1) is 9.43. The Labute approximate surface area is 123 Å². The molecule has 0 unspecified atom stereocenters. The molecule has 0 heterocycles. The van der Waals surface area contributed by atoms with Crippen molar-refractivity contribution in [2.24, 2.45) is 11.3 Å². The lowest BCUT2D eigenvalue weighted by Crippen LogP contribution is -2.31. The first kappa shape index (κ1) is 15.3. The molecule has 1 fully saturated rings. The summed E-state index contributed by atoms with van der Waals surface area (Å²) in [6, 6.07) is 6.45. The highest BCUT2D eigenvalue weighted by atomic mass is 16.1. The molecule has 0 N–H and O–H groups in total. The van der Waals surface area contributed by atoms with Gasteiger partial charge in [-0.3, -0.25) is 4.79 Å². The van der Waals surface area contributed by atoms with E-state index in [1.165, 1.54) is 29.5 Å². The summed E-state index contributed by atoms with van der Waals surface area (Å²) < 4.78 is 0. The highest BCUT2D eigenvalue weighted by Gasteiger charge is 2.40. The lowest BCUT2D eigenvalue weighted by Gasteiger charge is -2.29. The Morgan fingerprint density at radius 1 is 1.15 bits per heavy atom. The van der Waals surface area contributed by atoms with Crippen LogP contribution in [0.4, 0.5) is 0 Å². The molecule has 0 amide bonds. The van der Waals surface area contributed by atoms with E-state index in [1.54, 1.807) is 0 Å². The molecule has 0 bridgehead atoms. The van der Waals surface area contributed by atoms with Crippen LogP contribution in [0.2, 0.25) is 0 Å². The summed E-state index contributed by atoms with van der Waals surface area (Å²) >= 11 is 0. The van der Waals surface area contributed by atoms with E-state index in [9.17, 15) is 4.79 Å². The highest BCUT2D eigenvalue weighted by Crippen LogP contribution is 2.44. The molecule has 1 aromatic rings. The maximum absolute atomic E-state index is 12.9. The first-order valence-electron chi connectivity index (χ1n) is 8.02. The largest absolute Gasteiger partial charge is 0.299 e. The van der Waals surface area contributed by atoms with Gasteiger partial charge in [-0.25, -0.2) is 0 Å². The number of hydrogen-bond donors (Lipinski definition) is 0. The monoisotopic (exact) mass is 272 g/mol. The first-order valence-corrected chi connectivity index (χ1v) is 8.02. The molecular formula is C19H28O. The molecule has 20 heavy (non-hydrogen) atoms. The maximum atomic E-state index is 12.9. The average molecular weight is 272 g/mol. The van der Waals surface area contributed by atoms with Crippen LogP contribution in [-0.4, -0.2) is 5.78 Å². The molecule has 0 radical (unpaired) electrons. The van der Waals surface area contributed by atoms with Crippen LogP contribution >= 0.6 is 0 Å². The Morgan fingerprint density at radius 3 is 2.35 bits per heavy atom. The molecule has 0 spiro atoms. The number of hydrogen-bond acceptors (Lipinski definition) is 1. The SMILES string of the molecule is Cc1ccc(CC(=O)C2(CC(C)C)CCCC2)cc1C. The van der Waals surface area contributed by atoms with Crippen LogP contribution in [0.3, 0.4) is 0 Å². The van der Waals surface area contributed by atoms with Crippen molar-refractivity contribution in [1.29, 1.82) is 0 Å². The predicted molar refractivity (Wildman–Crippen MR) is 85.0 cm³/mol. The van der Waals surface area contributed by atoms with Crippen molar-refractivity contribution >= 4 is 5.78 Å². The van der Waals surface area contributed by atoms with E-state index in [4.69, 9.17) is 0 Å². The molecule has 110 valence electrons. The van der Waals surface area contributed by atoms with Crippen LogP contribution in [-0.2, 0) is 11.2 Å². The van der Waals surface area contributed by atoms with E-state index in [0.717, 1.165) is 19.3 Å². The average Bonchev–Trinajstić information content (AvgIpc) is 2.83. The van der Waals surface area contributed by atoms with E-state index in [-0.39, 0.29) is 5.41 Å². The number of ketones is 1. The van der Waals surface area contributed by atoms with Gasteiger partial charge in [-0.2, -0.15) is 0 Å². The summed E-state index contributed by atoms with van der Waals surface area (Å²) in [5.41, 5.74) is 3.76. The molecule has 1 nitrogen and oxygen atoms in total. The third-order valence-electron chi connectivity index (χ3n) is 4.89. The van der Waals surface area contributed by atoms with Crippen molar-refractivity contribution in [3.05, 3.63) is 34.9 Å². The smallest absolute Gasteiger partial charge is 0.143 e. The Balaban J connectivity index is 2.14. The van der Waals surface area contributed by atoms with Crippen molar-refractivity contribution in [3.8, 4) is 0 Å². The van der Waals surface area contributed by atoms with Crippen molar-refractivity contribution in [3.63, 3.8) is 0 Å². The fourth-order valence-electron chi connectivity index (χ4n) is 3.72. The zero-order valence-corrected chi connectivity index (χ0v) is 13.5. The minimum absolute atomic E-state index is 0.0209. The van der Waals surface area contributed by atoms with E-state index in [1.807, 2.05) is 0 Å². The molecule has 0 aromatic heterocycles. The number of Topliss-reactive ketones (excluding diaryl/α,β-unsaturated/α-hetero) is 1. The number of aryl methyl sites for hydroxylation is 2. The fraction of sp³-hybridized carbons (Fsp3) is 0.632. The van der Waals surface area contributed by atoms with Crippen LogP contribution < -0.4 is 0 Å². The molecular weight excluding hydrogens is 244 g/mol. The van der Waals surface area contributed by atoms with E-state index >= 15 is 0 Å². The van der Waals surface area contributed by atoms with E-state index in [2.05, 4.69) is 45.9 Å². The number of rotatable bonds is 5. The van der Waals surface area contributed by atoms with Gasteiger partial charge >= 0.3 is 0 Å². The third-order valence-corrected chi connectivity index (χ3v) is 4.89. The minimum atomic E-state index is -0.0209. The molecule has 0 aliphatic heterocycles. The fourth-order valence-corrected chi connectivity index (χ4v) is 3.72. The van der Waals surface area contributed by atoms with Crippen LogP contribution in [0, 0.1) is 25.2 Å². The minimum Gasteiger partial charge on any atom is -0.299 e. The van der Waals surface area contributed by atoms with Crippen LogP contribution in [0.5, 0.6) is 0 Å².